The smallest absolute Gasteiger partial charge is 0.238 e. The summed E-state index contributed by atoms with van der Waals surface area (Å²) in [5.41, 5.74) is 3.19. The molecule has 1 atom stereocenters. The normalized spacial score (nSPS) is 16.8. The summed E-state index contributed by atoms with van der Waals surface area (Å²) in [5, 5.41) is 3.72. The predicted molar refractivity (Wildman–Crippen MR) is 99.8 cm³/mol. The number of hydrogen-bond acceptors (Lipinski definition) is 2. The Morgan fingerprint density at radius 1 is 1.17 bits per heavy atom. The molecule has 0 aliphatic heterocycles. The lowest BCUT2D eigenvalue weighted by molar-refractivity contribution is -0.117. The van der Waals surface area contributed by atoms with E-state index in [1.807, 2.05) is 7.05 Å². The van der Waals surface area contributed by atoms with Crippen LogP contribution in [0.2, 0.25) is 10.0 Å². The quantitative estimate of drug-likeness (QED) is 0.834. The molecule has 1 aliphatic rings. The van der Waals surface area contributed by atoms with Crippen LogP contribution in [0, 0.1) is 0 Å². The van der Waals surface area contributed by atoms with Gasteiger partial charge in [-0.2, -0.15) is 0 Å². The number of aryl methyl sites for hydroxylation is 1. The second-order valence-electron chi connectivity index (χ2n) is 6.17. The molecule has 1 N–H and O–H groups in total. The molecule has 3 nitrogen and oxygen atoms in total. The van der Waals surface area contributed by atoms with Crippen LogP contribution in [0.3, 0.4) is 0 Å². The van der Waals surface area contributed by atoms with Crippen molar-refractivity contribution in [1.82, 2.24) is 4.90 Å². The summed E-state index contributed by atoms with van der Waals surface area (Å²) in [6, 6.07) is 13.9. The Hall–Kier alpha value is -1.55. The van der Waals surface area contributed by atoms with Gasteiger partial charge in [0, 0.05) is 6.04 Å². The molecular weight excluding hydrogens is 343 g/mol. The van der Waals surface area contributed by atoms with Crippen LogP contribution in [0.1, 0.15) is 30.0 Å². The number of hydrogen-bond donors (Lipinski definition) is 1. The van der Waals surface area contributed by atoms with Crippen molar-refractivity contribution in [3.63, 3.8) is 0 Å². The Balaban J connectivity index is 1.69. The topological polar surface area (TPSA) is 32.3 Å². The van der Waals surface area contributed by atoms with Crippen molar-refractivity contribution >= 4 is 34.8 Å². The molecular formula is C19H20Cl2N2O. The van der Waals surface area contributed by atoms with Crippen LogP contribution in [0.5, 0.6) is 0 Å². The van der Waals surface area contributed by atoms with Gasteiger partial charge < -0.3 is 5.32 Å². The van der Waals surface area contributed by atoms with Gasteiger partial charge in [-0.15, -0.1) is 0 Å². The van der Waals surface area contributed by atoms with Crippen LogP contribution in [0.25, 0.3) is 0 Å². The monoisotopic (exact) mass is 362 g/mol. The van der Waals surface area contributed by atoms with Gasteiger partial charge in [-0.05, 0) is 49.6 Å². The van der Waals surface area contributed by atoms with Crippen molar-refractivity contribution in [3.05, 3.63) is 63.6 Å². The number of fused-ring (bicyclic) bond motifs is 1. The SMILES string of the molecule is CN(CC(=O)Nc1c(Cl)cccc1Cl)[C@H]1CCCc2ccccc21. The lowest BCUT2D eigenvalue weighted by Gasteiger charge is -2.32. The first-order chi connectivity index (χ1) is 11.6. The third-order valence-corrected chi connectivity index (χ3v) is 5.12. The Bertz CT molecular complexity index is 728. The number of benzene rings is 2. The van der Waals surface area contributed by atoms with Gasteiger partial charge in [0.2, 0.25) is 5.91 Å². The fourth-order valence-electron chi connectivity index (χ4n) is 3.32. The number of carbonyl (C=O) groups is 1. The van der Waals surface area contributed by atoms with Gasteiger partial charge >= 0.3 is 0 Å². The first-order valence-electron chi connectivity index (χ1n) is 8.08. The molecule has 0 heterocycles. The Morgan fingerprint density at radius 3 is 2.62 bits per heavy atom. The summed E-state index contributed by atoms with van der Waals surface area (Å²) in [6.07, 6.45) is 3.32. The third kappa shape index (κ3) is 3.75. The van der Waals surface area contributed by atoms with Crippen LogP contribution in [0.15, 0.2) is 42.5 Å². The lowest BCUT2D eigenvalue weighted by Crippen LogP contribution is -2.35. The van der Waals surface area contributed by atoms with Crippen molar-refractivity contribution in [1.29, 1.82) is 0 Å². The number of halogens is 2. The van der Waals surface area contributed by atoms with Gasteiger partial charge in [0.25, 0.3) is 0 Å². The second-order valence-corrected chi connectivity index (χ2v) is 6.98. The van der Waals surface area contributed by atoms with Gasteiger partial charge in [-0.3, -0.25) is 9.69 Å². The summed E-state index contributed by atoms with van der Waals surface area (Å²) in [6.45, 7) is 0.292. The van der Waals surface area contributed by atoms with Crippen LogP contribution >= 0.6 is 23.2 Å². The summed E-state index contributed by atoms with van der Waals surface area (Å²) in [5.74, 6) is -0.115. The van der Waals surface area contributed by atoms with Gasteiger partial charge in [-0.1, -0.05) is 53.5 Å². The number of rotatable bonds is 4. The largest absolute Gasteiger partial charge is 0.322 e. The van der Waals surface area contributed by atoms with Crippen molar-refractivity contribution in [2.24, 2.45) is 0 Å². The van der Waals surface area contributed by atoms with Crippen molar-refractivity contribution in [2.45, 2.75) is 25.3 Å². The fourth-order valence-corrected chi connectivity index (χ4v) is 3.81. The van der Waals surface area contributed by atoms with E-state index in [9.17, 15) is 4.79 Å². The van der Waals surface area contributed by atoms with Crippen LogP contribution in [-0.2, 0) is 11.2 Å². The van der Waals surface area contributed by atoms with Crippen LogP contribution < -0.4 is 5.32 Å². The van der Waals surface area contributed by atoms with E-state index in [-0.39, 0.29) is 11.9 Å². The summed E-state index contributed by atoms with van der Waals surface area (Å²) >= 11 is 12.2. The maximum atomic E-state index is 12.4. The molecule has 126 valence electrons. The van der Waals surface area contributed by atoms with E-state index < -0.39 is 0 Å². The number of nitrogens with zero attached hydrogens (tertiary/aromatic N) is 1. The number of nitrogens with one attached hydrogen (secondary N) is 1. The average Bonchev–Trinajstić information content (AvgIpc) is 2.57. The van der Waals surface area contributed by atoms with E-state index in [1.165, 1.54) is 11.1 Å². The molecule has 0 unspecified atom stereocenters. The van der Waals surface area contributed by atoms with Gasteiger partial charge in [0.1, 0.15) is 0 Å². The molecule has 0 saturated heterocycles. The maximum absolute atomic E-state index is 12.4. The molecule has 0 aromatic heterocycles. The summed E-state index contributed by atoms with van der Waals surface area (Å²) in [7, 11) is 1.99. The van der Waals surface area contributed by atoms with E-state index in [4.69, 9.17) is 23.2 Å². The van der Waals surface area contributed by atoms with E-state index in [1.54, 1.807) is 18.2 Å². The Labute approximate surface area is 152 Å². The highest BCUT2D eigenvalue weighted by atomic mass is 35.5. The zero-order chi connectivity index (χ0) is 17.1. The molecule has 1 amide bonds. The minimum absolute atomic E-state index is 0.115. The highest BCUT2D eigenvalue weighted by molar-refractivity contribution is 6.39. The lowest BCUT2D eigenvalue weighted by atomic mass is 9.87. The molecule has 3 rings (SSSR count). The fraction of sp³-hybridized carbons (Fsp3) is 0.316. The zero-order valence-electron chi connectivity index (χ0n) is 13.6. The summed E-state index contributed by atoms with van der Waals surface area (Å²) < 4.78 is 0. The standard InChI is InChI=1S/C19H20Cl2N2O/c1-23(17-11-4-7-13-6-2-3-8-14(13)17)12-18(24)22-19-15(20)9-5-10-16(19)21/h2-3,5-6,8-10,17H,4,7,11-12H2,1H3,(H,22,24)/t17-/m0/s1. The molecule has 2 aromatic rings. The number of amides is 1. The molecule has 0 saturated carbocycles. The van der Waals surface area contributed by atoms with E-state index in [2.05, 4.69) is 34.5 Å². The molecule has 0 fully saturated rings. The molecule has 1 aliphatic carbocycles. The number of anilines is 1. The highest BCUT2D eigenvalue weighted by Gasteiger charge is 2.24. The van der Waals surface area contributed by atoms with E-state index in [0.29, 0.717) is 22.3 Å². The minimum atomic E-state index is -0.115. The van der Waals surface area contributed by atoms with Crippen molar-refractivity contribution in [2.75, 3.05) is 18.9 Å². The predicted octanol–water partition coefficient (Wildman–Crippen LogP) is 4.94. The Kier molecular flexibility index (Phi) is 5.44. The summed E-state index contributed by atoms with van der Waals surface area (Å²) in [4.78, 5) is 14.5. The number of para-hydroxylation sites is 1. The molecule has 0 radical (unpaired) electrons. The van der Waals surface area contributed by atoms with Gasteiger partial charge in [0.05, 0.1) is 22.3 Å². The molecule has 24 heavy (non-hydrogen) atoms. The van der Waals surface area contributed by atoms with E-state index >= 15 is 0 Å². The molecule has 0 bridgehead atoms. The van der Waals surface area contributed by atoms with Crippen LogP contribution in [0.4, 0.5) is 5.69 Å². The van der Waals surface area contributed by atoms with E-state index in [0.717, 1.165) is 19.3 Å². The first kappa shape index (κ1) is 17.3. The zero-order valence-corrected chi connectivity index (χ0v) is 15.1. The van der Waals surface area contributed by atoms with Gasteiger partial charge in [0.15, 0.2) is 0 Å². The second kappa shape index (κ2) is 7.56. The highest BCUT2D eigenvalue weighted by Crippen LogP contribution is 2.34. The minimum Gasteiger partial charge on any atom is -0.322 e. The molecule has 5 heteroatoms. The first-order valence-corrected chi connectivity index (χ1v) is 8.84. The molecule has 0 spiro atoms. The third-order valence-electron chi connectivity index (χ3n) is 4.49. The Morgan fingerprint density at radius 2 is 1.88 bits per heavy atom. The van der Waals surface area contributed by atoms with Crippen molar-refractivity contribution < 1.29 is 4.79 Å². The average molecular weight is 363 g/mol. The maximum Gasteiger partial charge on any atom is 0.238 e. The number of likely N-dealkylation sites (N-methyl/N-ethyl adjacent to an activating group) is 1. The van der Waals surface area contributed by atoms with Crippen molar-refractivity contribution in [3.8, 4) is 0 Å². The number of carbonyl (C=O) groups excluding carboxylic acids is 1. The molecule has 2 aromatic carbocycles. The van der Waals surface area contributed by atoms with Crippen LogP contribution in [-0.4, -0.2) is 24.4 Å². The van der Waals surface area contributed by atoms with Gasteiger partial charge in [-0.25, -0.2) is 0 Å².